The maximum atomic E-state index is 13.0. The Hall–Kier alpha value is -3.03. The van der Waals surface area contributed by atoms with Crippen LogP contribution in [0.2, 0.25) is 0 Å². The number of amides is 3. The van der Waals surface area contributed by atoms with Gasteiger partial charge in [-0.3, -0.25) is 19.7 Å². The lowest BCUT2D eigenvalue weighted by Gasteiger charge is -2.31. The van der Waals surface area contributed by atoms with Crippen molar-refractivity contribution in [1.82, 2.24) is 20.9 Å². The van der Waals surface area contributed by atoms with Crippen LogP contribution in [0.3, 0.4) is 0 Å². The zero-order valence-corrected chi connectivity index (χ0v) is 18.0. The number of carbonyl (C=O) groups is 3. The summed E-state index contributed by atoms with van der Waals surface area (Å²) in [6.45, 7) is 2.06. The lowest BCUT2D eigenvalue weighted by atomic mass is 9.93. The van der Waals surface area contributed by atoms with Crippen molar-refractivity contribution < 1.29 is 14.4 Å². The van der Waals surface area contributed by atoms with Crippen molar-refractivity contribution in [2.24, 2.45) is 0 Å². The molecule has 3 atom stereocenters. The molecule has 3 N–H and O–H groups in total. The number of nitrogens with one attached hydrogen (secondary N) is 3. The Bertz CT molecular complexity index is 1040. The number of carbonyl (C=O) groups excluding carboxylic acids is 3. The van der Waals surface area contributed by atoms with Crippen LogP contribution in [0, 0.1) is 0 Å². The van der Waals surface area contributed by atoms with Gasteiger partial charge in [0, 0.05) is 37.2 Å². The highest BCUT2D eigenvalue weighted by atomic mass is 16.2. The summed E-state index contributed by atoms with van der Waals surface area (Å²) in [4.78, 5) is 38.4. The fraction of sp³-hybridized carbons (Fsp3) is 0.400. The van der Waals surface area contributed by atoms with Crippen LogP contribution in [0.15, 0.2) is 48.5 Å². The second-order valence-electron chi connectivity index (χ2n) is 8.86. The molecule has 0 spiro atoms. The van der Waals surface area contributed by atoms with E-state index in [9.17, 15) is 14.4 Å². The van der Waals surface area contributed by atoms with Crippen molar-refractivity contribution in [3.63, 3.8) is 0 Å². The topological polar surface area (TPSA) is 90.5 Å². The maximum absolute atomic E-state index is 13.0. The molecule has 0 saturated carbocycles. The summed E-state index contributed by atoms with van der Waals surface area (Å²) in [7, 11) is 0. The second-order valence-corrected chi connectivity index (χ2v) is 8.86. The van der Waals surface area contributed by atoms with Gasteiger partial charge in [-0.2, -0.15) is 0 Å². The Morgan fingerprint density at radius 2 is 1.84 bits per heavy atom. The van der Waals surface area contributed by atoms with Gasteiger partial charge in [0.25, 0.3) is 5.91 Å². The molecule has 3 aliphatic heterocycles. The summed E-state index contributed by atoms with van der Waals surface area (Å²) in [6, 6.07) is 16.5. The summed E-state index contributed by atoms with van der Waals surface area (Å²) in [5, 5.41) is 9.67. The molecule has 7 heteroatoms. The summed E-state index contributed by atoms with van der Waals surface area (Å²) in [5.74, 6) is -0.762. The van der Waals surface area contributed by atoms with E-state index in [-0.39, 0.29) is 24.1 Å². The number of hydrogen-bond donors (Lipinski definition) is 3. The van der Waals surface area contributed by atoms with Crippen LogP contribution in [0.4, 0.5) is 0 Å². The van der Waals surface area contributed by atoms with Crippen LogP contribution in [0.25, 0.3) is 0 Å². The van der Waals surface area contributed by atoms with Crippen molar-refractivity contribution in [1.29, 1.82) is 0 Å². The molecule has 7 nitrogen and oxygen atoms in total. The van der Waals surface area contributed by atoms with E-state index in [1.165, 1.54) is 5.56 Å². The molecule has 2 aromatic carbocycles. The molecule has 2 saturated heterocycles. The smallest absolute Gasteiger partial charge is 0.255 e. The Kier molecular flexibility index (Phi) is 5.76. The van der Waals surface area contributed by atoms with Crippen LogP contribution >= 0.6 is 0 Å². The number of imide groups is 1. The molecule has 0 aromatic heterocycles. The Balaban J connectivity index is 1.26. The molecule has 1 unspecified atom stereocenters. The summed E-state index contributed by atoms with van der Waals surface area (Å²) in [6.07, 6.45) is 2.72. The Morgan fingerprint density at radius 1 is 1.00 bits per heavy atom. The average Bonchev–Trinajstić information content (AvgIpc) is 3.15. The third-order valence-electron chi connectivity index (χ3n) is 6.87. The van der Waals surface area contributed by atoms with Gasteiger partial charge < -0.3 is 15.5 Å². The zero-order valence-electron chi connectivity index (χ0n) is 18.0. The first kappa shape index (κ1) is 20.8. The molecule has 3 amide bonds. The number of rotatable bonds is 5. The van der Waals surface area contributed by atoms with E-state index in [0.717, 1.165) is 30.5 Å². The van der Waals surface area contributed by atoms with E-state index in [2.05, 4.69) is 46.3 Å². The normalized spacial score (nSPS) is 25.6. The quantitative estimate of drug-likeness (QED) is 0.629. The van der Waals surface area contributed by atoms with Crippen LogP contribution in [0.5, 0.6) is 0 Å². The molecule has 166 valence electrons. The first-order valence-electron chi connectivity index (χ1n) is 11.4. The molecule has 2 fully saturated rings. The molecule has 3 aliphatic rings. The minimum Gasteiger partial charge on any atom is -0.322 e. The molecule has 2 aromatic rings. The molecule has 0 radical (unpaired) electrons. The van der Waals surface area contributed by atoms with Crippen LogP contribution in [-0.2, 0) is 22.7 Å². The van der Waals surface area contributed by atoms with Gasteiger partial charge in [-0.1, -0.05) is 42.5 Å². The summed E-state index contributed by atoms with van der Waals surface area (Å²) >= 11 is 0. The minimum absolute atomic E-state index is 0.123. The van der Waals surface area contributed by atoms with Gasteiger partial charge in [-0.15, -0.1) is 0 Å². The van der Waals surface area contributed by atoms with Crippen molar-refractivity contribution in [3.8, 4) is 0 Å². The Morgan fingerprint density at radius 3 is 2.66 bits per heavy atom. The predicted octanol–water partition coefficient (Wildman–Crippen LogP) is 2.03. The van der Waals surface area contributed by atoms with Crippen LogP contribution in [0.1, 0.15) is 58.8 Å². The standard InChI is InChI=1S/C25H28N4O3/c30-23-10-9-22(24(31)28-23)29-15-20-17(7-4-8-19(20)25(29)32)14-27-18-11-12-26-21(13-18)16-5-2-1-3-6-16/h1-8,18,21-22,26-27H,9-15H2,(H,28,30,31)/t18-,21-,22?/m1/s1. The van der Waals surface area contributed by atoms with E-state index in [1.54, 1.807) is 4.90 Å². The fourth-order valence-electron chi connectivity index (χ4n) is 5.11. The van der Waals surface area contributed by atoms with Gasteiger partial charge in [0.15, 0.2) is 0 Å². The number of piperidine rings is 2. The highest BCUT2D eigenvalue weighted by Crippen LogP contribution is 2.30. The summed E-state index contributed by atoms with van der Waals surface area (Å²) in [5.41, 5.74) is 4.07. The van der Waals surface area contributed by atoms with Gasteiger partial charge in [0.2, 0.25) is 11.8 Å². The van der Waals surface area contributed by atoms with E-state index < -0.39 is 6.04 Å². The van der Waals surface area contributed by atoms with Crippen molar-refractivity contribution >= 4 is 17.7 Å². The predicted molar refractivity (Wildman–Crippen MR) is 120 cm³/mol. The lowest BCUT2D eigenvalue weighted by Crippen LogP contribution is -2.52. The Labute approximate surface area is 187 Å². The van der Waals surface area contributed by atoms with E-state index in [4.69, 9.17) is 0 Å². The third kappa shape index (κ3) is 4.06. The number of nitrogens with zero attached hydrogens (tertiary/aromatic N) is 1. The van der Waals surface area contributed by atoms with Gasteiger partial charge in [-0.25, -0.2) is 0 Å². The zero-order chi connectivity index (χ0) is 22.1. The molecule has 5 rings (SSSR count). The minimum atomic E-state index is -0.579. The molecule has 0 bridgehead atoms. The van der Waals surface area contributed by atoms with Gasteiger partial charge in [0.1, 0.15) is 6.04 Å². The van der Waals surface area contributed by atoms with Crippen molar-refractivity contribution in [3.05, 3.63) is 70.8 Å². The monoisotopic (exact) mass is 432 g/mol. The third-order valence-corrected chi connectivity index (χ3v) is 6.87. The fourth-order valence-corrected chi connectivity index (χ4v) is 5.11. The number of benzene rings is 2. The van der Waals surface area contributed by atoms with Crippen LogP contribution in [-0.4, -0.2) is 41.2 Å². The molecule has 3 heterocycles. The highest BCUT2D eigenvalue weighted by Gasteiger charge is 2.39. The van der Waals surface area contributed by atoms with E-state index in [0.29, 0.717) is 37.2 Å². The summed E-state index contributed by atoms with van der Waals surface area (Å²) < 4.78 is 0. The van der Waals surface area contributed by atoms with E-state index >= 15 is 0 Å². The SMILES string of the molecule is O=C1CCC(N2Cc3c(CN[C@@H]4CCN[C@@H](c5ccccc5)C4)cccc3C2=O)C(=O)N1. The van der Waals surface area contributed by atoms with Crippen molar-refractivity contribution in [2.75, 3.05) is 6.54 Å². The number of hydrogen-bond acceptors (Lipinski definition) is 5. The molecular weight excluding hydrogens is 404 g/mol. The maximum Gasteiger partial charge on any atom is 0.255 e. The highest BCUT2D eigenvalue weighted by molar-refractivity contribution is 6.05. The average molecular weight is 433 g/mol. The van der Waals surface area contributed by atoms with E-state index in [1.807, 2.05) is 18.2 Å². The lowest BCUT2D eigenvalue weighted by molar-refractivity contribution is -0.136. The first-order chi connectivity index (χ1) is 15.6. The molecule has 32 heavy (non-hydrogen) atoms. The largest absolute Gasteiger partial charge is 0.322 e. The molecule has 0 aliphatic carbocycles. The van der Waals surface area contributed by atoms with Gasteiger partial charge >= 0.3 is 0 Å². The molecular formula is C25H28N4O3. The van der Waals surface area contributed by atoms with Gasteiger partial charge in [-0.05, 0) is 48.6 Å². The van der Waals surface area contributed by atoms with Gasteiger partial charge in [0.05, 0.1) is 0 Å². The number of fused-ring (bicyclic) bond motifs is 1. The van der Waals surface area contributed by atoms with Crippen molar-refractivity contribution in [2.45, 2.75) is 56.9 Å². The van der Waals surface area contributed by atoms with Crippen LogP contribution < -0.4 is 16.0 Å². The first-order valence-corrected chi connectivity index (χ1v) is 11.4. The second kappa shape index (κ2) is 8.84.